The van der Waals surface area contributed by atoms with Crippen LogP contribution in [0.5, 0.6) is 5.75 Å². The Bertz CT molecular complexity index is 965. The number of phenolic OH excluding ortho intramolecular Hbond substituents is 1. The van der Waals surface area contributed by atoms with Crippen LogP contribution >= 0.6 is 11.6 Å². The number of carboxylic acid groups (broad SMARTS) is 1. The molecule has 0 aliphatic heterocycles. The Hall–Kier alpha value is -2.93. The summed E-state index contributed by atoms with van der Waals surface area (Å²) in [6.45, 7) is 1.91. The summed E-state index contributed by atoms with van der Waals surface area (Å²) in [5, 5.41) is 27.3. The van der Waals surface area contributed by atoms with Crippen molar-refractivity contribution in [1.29, 1.82) is 0 Å². The first kappa shape index (κ1) is 15.9. The molecule has 3 rings (SSSR count). The first-order valence-electron chi connectivity index (χ1n) is 7.03. The molecule has 3 aromatic rings. The second-order valence-electron chi connectivity index (χ2n) is 5.22. The van der Waals surface area contributed by atoms with E-state index in [0.29, 0.717) is 22.2 Å². The number of rotatable bonds is 4. The number of hydrogen-bond donors (Lipinski definition) is 2. The summed E-state index contributed by atoms with van der Waals surface area (Å²) in [4.78, 5) is 15.4. The van der Waals surface area contributed by atoms with Crippen LogP contribution < -0.4 is 0 Å². The first-order chi connectivity index (χ1) is 11.4. The van der Waals surface area contributed by atoms with Crippen molar-refractivity contribution in [2.24, 2.45) is 10.2 Å². The molecule has 7 nitrogen and oxygen atoms in total. The highest BCUT2D eigenvalue weighted by atomic mass is 35.5. The molecule has 0 saturated heterocycles. The molecule has 8 heteroatoms. The van der Waals surface area contributed by atoms with Gasteiger partial charge in [0.1, 0.15) is 17.1 Å². The van der Waals surface area contributed by atoms with Gasteiger partial charge in [-0.15, -0.1) is 10.2 Å². The average Bonchev–Trinajstić information content (AvgIpc) is 2.83. The smallest absolute Gasteiger partial charge is 0.309 e. The van der Waals surface area contributed by atoms with E-state index in [1.54, 1.807) is 10.6 Å². The maximum absolute atomic E-state index is 11.1. The molecule has 0 bridgehead atoms. The Morgan fingerprint density at radius 2 is 2.08 bits per heavy atom. The van der Waals surface area contributed by atoms with Gasteiger partial charge in [-0.1, -0.05) is 11.6 Å². The lowest BCUT2D eigenvalue weighted by Gasteiger charge is -2.00. The Kier molecular flexibility index (Phi) is 4.18. The van der Waals surface area contributed by atoms with Gasteiger partial charge in [0.2, 0.25) is 0 Å². The molecule has 2 N–H and O–H groups in total. The van der Waals surface area contributed by atoms with Crippen molar-refractivity contribution in [3.8, 4) is 5.75 Å². The highest BCUT2D eigenvalue weighted by Gasteiger charge is 2.15. The van der Waals surface area contributed by atoms with Crippen LogP contribution in [-0.4, -0.2) is 25.6 Å². The lowest BCUT2D eigenvalue weighted by atomic mass is 10.3. The maximum atomic E-state index is 11.1. The molecule has 1 aromatic carbocycles. The number of aryl methyl sites for hydroxylation is 1. The Morgan fingerprint density at radius 1 is 1.29 bits per heavy atom. The van der Waals surface area contributed by atoms with Crippen molar-refractivity contribution in [3.63, 3.8) is 0 Å². The fraction of sp³-hybridized carbons (Fsp3) is 0.125. The maximum Gasteiger partial charge on any atom is 0.309 e. The average molecular weight is 345 g/mol. The molecule has 0 fully saturated rings. The van der Waals surface area contributed by atoms with Crippen LogP contribution in [0.15, 0.2) is 46.8 Å². The van der Waals surface area contributed by atoms with Crippen LogP contribution in [-0.2, 0) is 11.2 Å². The molecule has 0 radical (unpaired) electrons. The van der Waals surface area contributed by atoms with E-state index in [-0.39, 0.29) is 17.9 Å². The summed E-state index contributed by atoms with van der Waals surface area (Å²) in [5.74, 6) is -0.795. The van der Waals surface area contributed by atoms with Gasteiger partial charge >= 0.3 is 5.97 Å². The lowest BCUT2D eigenvalue weighted by Crippen LogP contribution is -2.00. The van der Waals surface area contributed by atoms with Crippen LogP contribution in [0.25, 0.3) is 5.65 Å². The van der Waals surface area contributed by atoms with Gasteiger partial charge in [-0.3, -0.25) is 9.20 Å². The third-order valence-electron chi connectivity index (χ3n) is 3.33. The molecule has 0 saturated carbocycles. The number of pyridine rings is 1. The number of fused-ring (bicyclic) bond motifs is 1. The Morgan fingerprint density at radius 3 is 2.83 bits per heavy atom. The Labute approximate surface area is 141 Å². The molecule has 0 amide bonds. The summed E-state index contributed by atoms with van der Waals surface area (Å²) in [6.07, 6.45) is 1.46. The first-order valence-corrected chi connectivity index (χ1v) is 7.41. The number of benzene rings is 1. The number of carboxylic acids is 1. The quantitative estimate of drug-likeness (QED) is 0.697. The second-order valence-corrected chi connectivity index (χ2v) is 5.65. The van der Waals surface area contributed by atoms with Gasteiger partial charge < -0.3 is 10.2 Å². The molecule has 0 spiro atoms. The van der Waals surface area contributed by atoms with Crippen LogP contribution in [0, 0.1) is 6.92 Å². The van der Waals surface area contributed by atoms with E-state index in [2.05, 4.69) is 15.2 Å². The number of imidazole rings is 1. The van der Waals surface area contributed by atoms with Gasteiger partial charge in [-0.05, 0) is 42.8 Å². The van der Waals surface area contributed by atoms with Crippen LogP contribution in [0.1, 0.15) is 11.3 Å². The zero-order valence-electron chi connectivity index (χ0n) is 12.6. The molecular formula is C16H13ClN4O3. The van der Waals surface area contributed by atoms with E-state index < -0.39 is 5.97 Å². The molecule has 122 valence electrons. The number of phenols is 1. The number of hydrogen-bond acceptors (Lipinski definition) is 5. The molecule has 0 unspecified atom stereocenters. The normalized spacial score (nSPS) is 11.4. The molecule has 0 aliphatic rings. The van der Waals surface area contributed by atoms with Crippen molar-refractivity contribution >= 4 is 34.7 Å². The topological polar surface area (TPSA) is 99.6 Å². The summed E-state index contributed by atoms with van der Waals surface area (Å²) < 4.78 is 1.65. The minimum Gasteiger partial charge on any atom is -0.506 e. The van der Waals surface area contributed by atoms with Crippen LogP contribution in [0.4, 0.5) is 11.5 Å². The minimum atomic E-state index is -1.02. The molecule has 0 atom stereocenters. The monoisotopic (exact) mass is 344 g/mol. The van der Waals surface area contributed by atoms with E-state index in [4.69, 9.17) is 16.7 Å². The minimum absolute atomic E-state index is 0.0763. The van der Waals surface area contributed by atoms with Gasteiger partial charge in [0.05, 0.1) is 12.1 Å². The number of aromatic hydroxyl groups is 1. The largest absolute Gasteiger partial charge is 0.506 e. The number of aromatic nitrogens is 2. The van der Waals surface area contributed by atoms with E-state index in [1.807, 2.05) is 19.1 Å². The van der Waals surface area contributed by atoms with Crippen molar-refractivity contribution in [2.45, 2.75) is 13.3 Å². The van der Waals surface area contributed by atoms with Gasteiger partial charge in [0.15, 0.2) is 5.82 Å². The third kappa shape index (κ3) is 3.21. The van der Waals surface area contributed by atoms with Crippen LogP contribution in [0.2, 0.25) is 5.02 Å². The number of carbonyl (C=O) groups is 1. The third-order valence-corrected chi connectivity index (χ3v) is 3.57. The summed E-state index contributed by atoms with van der Waals surface area (Å²) in [5.41, 5.74) is 2.05. The van der Waals surface area contributed by atoms with Gasteiger partial charge in [0, 0.05) is 11.2 Å². The molecule has 2 heterocycles. The van der Waals surface area contributed by atoms with Gasteiger partial charge in [-0.25, -0.2) is 4.98 Å². The van der Waals surface area contributed by atoms with Crippen molar-refractivity contribution in [1.82, 2.24) is 9.38 Å². The number of azo groups is 1. The Balaban J connectivity index is 2.11. The number of nitrogens with zero attached hydrogens (tertiary/aromatic N) is 4. The zero-order chi connectivity index (χ0) is 17.3. The summed E-state index contributed by atoms with van der Waals surface area (Å²) >= 11 is 5.88. The van der Waals surface area contributed by atoms with Crippen molar-refractivity contribution in [3.05, 3.63) is 52.8 Å². The van der Waals surface area contributed by atoms with Gasteiger partial charge in [-0.2, -0.15) is 0 Å². The fourth-order valence-corrected chi connectivity index (χ4v) is 2.39. The molecular weight excluding hydrogens is 332 g/mol. The SMILES string of the molecule is Cc1ccn2c(N=Nc3cc(Cl)ccc3O)c(CC(=O)O)nc2c1. The van der Waals surface area contributed by atoms with E-state index in [1.165, 1.54) is 18.2 Å². The second kappa shape index (κ2) is 6.29. The zero-order valence-corrected chi connectivity index (χ0v) is 13.4. The predicted octanol–water partition coefficient (Wildman–Crippen LogP) is 4.04. The number of halogens is 1. The lowest BCUT2D eigenvalue weighted by molar-refractivity contribution is -0.136. The highest BCUT2D eigenvalue weighted by Crippen LogP contribution is 2.32. The van der Waals surface area contributed by atoms with Crippen LogP contribution in [0.3, 0.4) is 0 Å². The number of aliphatic carboxylic acids is 1. The van der Waals surface area contributed by atoms with Crippen molar-refractivity contribution < 1.29 is 15.0 Å². The fourth-order valence-electron chi connectivity index (χ4n) is 2.23. The van der Waals surface area contributed by atoms with E-state index >= 15 is 0 Å². The van der Waals surface area contributed by atoms with E-state index in [0.717, 1.165) is 5.56 Å². The molecule has 0 aliphatic carbocycles. The van der Waals surface area contributed by atoms with Crippen molar-refractivity contribution in [2.75, 3.05) is 0 Å². The van der Waals surface area contributed by atoms with Gasteiger partial charge in [0.25, 0.3) is 0 Å². The van der Waals surface area contributed by atoms with E-state index in [9.17, 15) is 9.90 Å². The predicted molar refractivity (Wildman–Crippen MR) is 88.6 cm³/mol. The summed E-state index contributed by atoms with van der Waals surface area (Å²) in [7, 11) is 0. The standard InChI is InChI=1S/C16H13ClN4O3/c1-9-4-5-21-14(6-9)18-12(8-15(23)24)16(21)20-19-11-7-10(17)2-3-13(11)22/h2-7,22H,8H2,1H3,(H,23,24). The summed E-state index contributed by atoms with van der Waals surface area (Å²) in [6, 6.07) is 8.08. The molecule has 24 heavy (non-hydrogen) atoms. The molecule has 2 aromatic heterocycles. The highest BCUT2D eigenvalue weighted by molar-refractivity contribution is 6.30.